The molecule has 1 aromatic rings. The van der Waals surface area contributed by atoms with Crippen LogP contribution < -0.4 is 5.32 Å². The topological polar surface area (TPSA) is 41.6 Å². The van der Waals surface area contributed by atoms with Gasteiger partial charge >= 0.3 is 0 Å². The average molecular weight is 329 g/mol. The minimum atomic E-state index is -0.440. The van der Waals surface area contributed by atoms with Crippen LogP contribution in [0.5, 0.6) is 0 Å². The molecular formula is C16H22ClFN2O2. The van der Waals surface area contributed by atoms with Gasteiger partial charge in [-0.2, -0.15) is 0 Å². The molecule has 0 aliphatic carbocycles. The first-order chi connectivity index (χ1) is 10.6. The quantitative estimate of drug-likeness (QED) is 0.872. The van der Waals surface area contributed by atoms with E-state index in [4.69, 9.17) is 16.3 Å². The van der Waals surface area contributed by atoms with Crippen molar-refractivity contribution in [1.29, 1.82) is 0 Å². The lowest BCUT2D eigenvalue weighted by Gasteiger charge is -2.31. The fourth-order valence-electron chi connectivity index (χ4n) is 2.64. The summed E-state index contributed by atoms with van der Waals surface area (Å²) in [6.07, 6.45) is 2.11. The summed E-state index contributed by atoms with van der Waals surface area (Å²) in [5, 5.41) is 3.04. The van der Waals surface area contributed by atoms with Crippen molar-refractivity contribution in [2.24, 2.45) is 5.92 Å². The fourth-order valence-corrected chi connectivity index (χ4v) is 2.89. The van der Waals surface area contributed by atoms with E-state index in [0.717, 1.165) is 45.1 Å². The van der Waals surface area contributed by atoms with Crippen LogP contribution in [0.2, 0.25) is 5.02 Å². The number of likely N-dealkylation sites (tertiary alicyclic amines) is 1. The Kier molecular flexibility index (Phi) is 6.61. The van der Waals surface area contributed by atoms with Crippen molar-refractivity contribution in [3.05, 3.63) is 34.6 Å². The number of nitrogens with one attached hydrogen (secondary N) is 1. The molecule has 22 heavy (non-hydrogen) atoms. The van der Waals surface area contributed by atoms with Gasteiger partial charge < -0.3 is 15.0 Å². The minimum Gasteiger partial charge on any atom is -0.383 e. The van der Waals surface area contributed by atoms with Crippen molar-refractivity contribution < 1.29 is 13.9 Å². The van der Waals surface area contributed by atoms with Crippen molar-refractivity contribution in [2.75, 3.05) is 39.9 Å². The van der Waals surface area contributed by atoms with Gasteiger partial charge in [-0.1, -0.05) is 11.6 Å². The lowest BCUT2D eigenvalue weighted by atomic mass is 9.96. The third-order valence-corrected chi connectivity index (χ3v) is 4.36. The second-order valence-electron chi connectivity index (χ2n) is 5.61. The van der Waals surface area contributed by atoms with E-state index in [2.05, 4.69) is 10.2 Å². The maximum atomic E-state index is 13.0. The number of ether oxygens (including phenoxy) is 1. The zero-order valence-corrected chi connectivity index (χ0v) is 13.5. The molecule has 1 N–H and O–H groups in total. The highest BCUT2D eigenvalue weighted by Crippen LogP contribution is 2.19. The zero-order chi connectivity index (χ0) is 15.9. The predicted molar refractivity (Wildman–Crippen MR) is 84.8 cm³/mol. The summed E-state index contributed by atoms with van der Waals surface area (Å²) in [7, 11) is 1.71. The van der Waals surface area contributed by atoms with E-state index in [1.807, 2.05) is 0 Å². The van der Waals surface area contributed by atoms with Crippen LogP contribution in [0, 0.1) is 11.7 Å². The van der Waals surface area contributed by atoms with Crippen LogP contribution in [-0.4, -0.2) is 50.7 Å². The number of methoxy groups -OCH3 is 1. The number of rotatable bonds is 6. The Morgan fingerprint density at radius 3 is 2.82 bits per heavy atom. The van der Waals surface area contributed by atoms with E-state index in [-0.39, 0.29) is 10.9 Å². The highest BCUT2D eigenvalue weighted by molar-refractivity contribution is 6.33. The normalized spacial score (nSPS) is 16.7. The average Bonchev–Trinajstić information content (AvgIpc) is 2.51. The van der Waals surface area contributed by atoms with Gasteiger partial charge in [0.05, 0.1) is 17.2 Å². The summed E-state index contributed by atoms with van der Waals surface area (Å²) in [5.74, 6) is -0.209. The Morgan fingerprint density at radius 1 is 1.45 bits per heavy atom. The lowest BCUT2D eigenvalue weighted by Crippen LogP contribution is -2.39. The van der Waals surface area contributed by atoms with Gasteiger partial charge in [0.2, 0.25) is 0 Å². The third-order valence-electron chi connectivity index (χ3n) is 4.05. The van der Waals surface area contributed by atoms with E-state index in [0.29, 0.717) is 18.0 Å². The molecule has 0 aromatic heterocycles. The van der Waals surface area contributed by atoms with Crippen molar-refractivity contribution in [3.63, 3.8) is 0 Å². The standard InChI is InChI=1S/C16H22ClFN2O2/c1-22-9-8-20-6-4-12(5-7-20)11-19-16(21)14-3-2-13(18)10-15(14)17/h2-3,10,12H,4-9,11H2,1H3,(H,19,21). The number of carbonyl (C=O) groups is 1. The van der Waals surface area contributed by atoms with Gasteiger partial charge in [-0.25, -0.2) is 4.39 Å². The summed E-state index contributed by atoms with van der Waals surface area (Å²) in [5.41, 5.74) is 0.320. The molecule has 1 aliphatic heterocycles. The third kappa shape index (κ3) is 4.93. The van der Waals surface area contributed by atoms with Crippen molar-refractivity contribution in [2.45, 2.75) is 12.8 Å². The van der Waals surface area contributed by atoms with Gasteiger partial charge in [-0.05, 0) is 50.0 Å². The van der Waals surface area contributed by atoms with Gasteiger partial charge in [-0.3, -0.25) is 4.79 Å². The fraction of sp³-hybridized carbons (Fsp3) is 0.562. The van der Waals surface area contributed by atoms with E-state index in [1.54, 1.807) is 7.11 Å². The van der Waals surface area contributed by atoms with Gasteiger partial charge in [0, 0.05) is 20.2 Å². The van der Waals surface area contributed by atoms with Crippen LogP contribution >= 0.6 is 11.6 Å². The summed E-state index contributed by atoms with van der Waals surface area (Å²) in [4.78, 5) is 14.5. The van der Waals surface area contributed by atoms with Crippen molar-refractivity contribution in [1.82, 2.24) is 10.2 Å². The SMILES string of the molecule is COCCN1CCC(CNC(=O)c2ccc(F)cc2Cl)CC1. The molecule has 1 fully saturated rings. The lowest BCUT2D eigenvalue weighted by molar-refractivity contribution is 0.0926. The summed E-state index contributed by atoms with van der Waals surface area (Å²) in [6, 6.07) is 3.82. The highest BCUT2D eigenvalue weighted by Gasteiger charge is 2.20. The van der Waals surface area contributed by atoms with Gasteiger partial charge in [0.1, 0.15) is 5.82 Å². The Bertz CT molecular complexity index is 505. The van der Waals surface area contributed by atoms with Gasteiger partial charge in [0.15, 0.2) is 0 Å². The molecule has 0 radical (unpaired) electrons. The molecule has 1 amide bonds. The zero-order valence-electron chi connectivity index (χ0n) is 12.8. The minimum absolute atomic E-state index is 0.145. The molecule has 0 saturated carbocycles. The second-order valence-corrected chi connectivity index (χ2v) is 6.02. The van der Waals surface area contributed by atoms with Crippen LogP contribution in [0.1, 0.15) is 23.2 Å². The molecule has 1 aromatic carbocycles. The largest absolute Gasteiger partial charge is 0.383 e. The number of amides is 1. The smallest absolute Gasteiger partial charge is 0.252 e. The van der Waals surface area contributed by atoms with Gasteiger partial charge in [-0.15, -0.1) is 0 Å². The van der Waals surface area contributed by atoms with E-state index < -0.39 is 5.82 Å². The van der Waals surface area contributed by atoms with E-state index >= 15 is 0 Å². The molecule has 0 unspecified atom stereocenters. The molecule has 122 valence electrons. The molecule has 0 atom stereocenters. The van der Waals surface area contributed by atoms with Crippen LogP contribution in [0.15, 0.2) is 18.2 Å². The first-order valence-electron chi connectivity index (χ1n) is 7.54. The van der Waals surface area contributed by atoms with Crippen LogP contribution in [0.25, 0.3) is 0 Å². The highest BCUT2D eigenvalue weighted by atomic mass is 35.5. The number of nitrogens with zero attached hydrogens (tertiary/aromatic N) is 1. The number of hydrogen-bond donors (Lipinski definition) is 1. The number of piperidine rings is 1. The summed E-state index contributed by atoms with van der Waals surface area (Å²) < 4.78 is 18.1. The molecule has 1 saturated heterocycles. The number of carbonyl (C=O) groups excluding carboxylic acids is 1. The van der Waals surface area contributed by atoms with Crippen molar-refractivity contribution in [3.8, 4) is 0 Å². The molecule has 6 heteroatoms. The second kappa shape index (κ2) is 8.46. The summed E-state index contributed by atoms with van der Waals surface area (Å²) >= 11 is 5.89. The van der Waals surface area contributed by atoms with E-state index in [9.17, 15) is 9.18 Å². The predicted octanol–water partition coefficient (Wildman–Crippen LogP) is 2.57. The molecule has 1 aliphatic rings. The molecule has 2 rings (SSSR count). The maximum absolute atomic E-state index is 13.0. The number of benzene rings is 1. The Balaban J connectivity index is 1.75. The monoisotopic (exact) mass is 328 g/mol. The Hall–Kier alpha value is -1.17. The van der Waals surface area contributed by atoms with Gasteiger partial charge in [0.25, 0.3) is 5.91 Å². The first kappa shape index (κ1) is 17.2. The molecule has 0 spiro atoms. The van der Waals surface area contributed by atoms with Crippen molar-refractivity contribution >= 4 is 17.5 Å². The maximum Gasteiger partial charge on any atom is 0.252 e. The summed E-state index contributed by atoms with van der Waals surface area (Å²) in [6.45, 7) is 4.40. The Labute approximate surface area is 135 Å². The molecule has 1 heterocycles. The molecule has 0 bridgehead atoms. The molecule has 4 nitrogen and oxygen atoms in total. The van der Waals surface area contributed by atoms with E-state index in [1.165, 1.54) is 12.1 Å². The first-order valence-corrected chi connectivity index (χ1v) is 7.92. The molecular weight excluding hydrogens is 307 g/mol. The number of hydrogen-bond acceptors (Lipinski definition) is 3. The number of halogens is 2. The van der Waals surface area contributed by atoms with Crippen LogP contribution in [0.4, 0.5) is 4.39 Å². The van der Waals surface area contributed by atoms with Crippen LogP contribution in [-0.2, 0) is 4.74 Å². The Morgan fingerprint density at radius 2 is 2.18 bits per heavy atom. The van der Waals surface area contributed by atoms with Crippen LogP contribution in [0.3, 0.4) is 0 Å².